The fourth-order valence-corrected chi connectivity index (χ4v) is 5.71. The van der Waals surface area contributed by atoms with Crippen LogP contribution in [0.1, 0.15) is 12.5 Å². The van der Waals surface area contributed by atoms with Gasteiger partial charge in [-0.1, -0.05) is 0 Å². The van der Waals surface area contributed by atoms with Crippen LogP contribution in [0.2, 0.25) is 0 Å². The van der Waals surface area contributed by atoms with Gasteiger partial charge in [-0.25, -0.2) is 8.42 Å². The van der Waals surface area contributed by atoms with Crippen LogP contribution in [-0.4, -0.2) is 38.4 Å². The maximum atomic E-state index is 12.4. The highest BCUT2D eigenvalue weighted by atomic mass is 79.9. The van der Waals surface area contributed by atoms with Gasteiger partial charge in [0, 0.05) is 25.7 Å². The van der Waals surface area contributed by atoms with E-state index in [1.807, 2.05) is 13.8 Å². The second kappa shape index (κ2) is 6.19. The van der Waals surface area contributed by atoms with Crippen LogP contribution in [0.4, 0.5) is 0 Å². The van der Waals surface area contributed by atoms with Gasteiger partial charge in [-0.15, -0.1) is 23.7 Å². The Bertz CT molecular complexity index is 498. The van der Waals surface area contributed by atoms with E-state index in [2.05, 4.69) is 21.2 Å². The number of hydrogen-bond acceptors (Lipinski definition) is 4. The normalized spacial score (nSPS) is 21.6. The molecule has 104 valence electrons. The van der Waals surface area contributed by atoms with E-state index < -0.39 is 10.0 Å². The number of halogens is 2. The summed E-state index contributed by atoms with van der Waals surface area (Å²) in [5.74, 6) is 0. The van der Waals surface area contributed by atoms with Gasteiger partial charge in [-0.05, 0) is 41.4 Å². The monoisotopic (exact) mass is 374 g/mol. The van der Waals surface area contributed by atoms with Crippen molar-refractivity contribution in [3.63, 3.8) is 0 Å². The lowest BCUT2D eigenvalue weighted by atomic mass is 10.3. The third-order valence-electron chi connectivity index (χ3n) is 2.76. The topological polar surface area (TPSA) is 49.4 Å². The molecule has 1 aromatic rings. The molecule has 0 aromatic carbocycles. The van der Waals surface area contributed by atoms with Gasteiger partial charge < -0.3 is 5.32 Å². The molecule has 2 rings (SSSR count). The predicted octanol–water partition coefficient (Wildman–Crippen LogP) is 2.22. The molecule has 1 atom stereocenters. The van der Waals surface area contributed by atoms with E-state index in [-0.39, 0.29) is 18.4 Å². The predicted molar refractivity (Wildman–Crippen MR) is 80.2 cm³/mol. The number of sulfonamides is 1. The molecule has 1 N–H and O–H groups in total. The first kappa shape index (κ1) is 16.4. The minimum Gasteiger partial charge on any atom is -0.312 e. The van der Waals surface area contributed by atoms with Crippen LogP contribution < -0.4 is 5.32 Å². The summed E-state index contributed by atoms with van der Waals surface area (Å²) in [7, 11) is -3.31. The second-order valence-electron chi connectivity index (χ2n) is 4.24. The minimum absolute atomic E-state index is 0. The van der Waals surface area contributed by atoms with Crippen LogP contribution in [0.5, 0.6) is 0 Å². The Morgan fingerprint density at radius 1 is 1.56 bits per heavy atom. The largest absolute Gasteiger partial charge is 0.312 e. The summed E-state index contributed by atoms with van der Waals surface area (Å²) in [6.45, 7) is 5.70. The molecule has 0 amide bonds. The first-order valence-electron chi connectivity index (χ1n) is 5.40. The first-order chi connectivity index (χ1) is 7.91. The maximum Gasteiger partial charge on any atom is 0.252 e. The molecule has 8 heteroatoms. The number of piperazine rings is 1. The second-order valence-corrected chi connectivity index (χ2v) is 8.78. The zero-order valence-electron chi connectivity index (χ0n) is 10.1. The van der Waals surface area contributed by atoms with Gasteiger partial charge >= 0.3 is 0 Å². The molecule has 0 bridgehead atoms. The molecule has 1 aliphatic heterocycles. The molecule has 2 heterocycles. The van der Waals surface area contributed by atoms with Crippen molar-refractivity contribution in [2.24, 2.45) is 0 Å². The zero-order valence-corrected chi connectivity index (χ0v) is 14.2. The lowest BCUT2D eigenvalue weighted by Gasteiger charge is -2.30. The Labute approximate surface area is 126 Å². The van der Waals surface area contributed by atoms with Crippen LogP contribution >= 0.6 is 39.7 Å². The van der Waals surface area contributed by atoms with Crippen molar-refractivity contribution in [2.75, 3.05) is 19.6 Å². The molecule has 1 fully saturated rings. The van der Waals surface area contributed by atoms with E-state index in [9.17, 15) is 8.42 Å². The number of rotatable bonds is 2. The van der Waals surface area contributed by atoms with Crippen LogP contribution in [0.15, 0.2) is 14.1 Å². The fourth-order valence-electron chi connectivity index (χ4n) is 1.80. The van der Waals surface area contributed by atoms with Gasteiger partial charge in [0.1, 0.15) is 4.21 Å². The van der Waals surface area contributed by atoms with Gasteiger partial charge in [-0.2, -0.15) is 4.31 Å². The summed E-state index contributed by atoms with van der Waals surface area (Å²) in [4.78, 5) is 0. The Morgan fingerprint density at radius 3 is 2.72 bits per heavy atom. The average molecular weight is 376 g/mol. The van der Waals surface area contributed by atoms with Crippen molar-refractivity contribution in [2.45, 2.75) is 24.1 Å². The molecular formula is C10H16BrClN2O2S2. The Morgan fingerprint density at radius 2 is 2.22 bits per heavy atom. The maximum absolute atomic E-state index is 12.4. The molecule has 1 aliphatic rings. The van der Waals surface area contributed by atoms with Crippen molar-refractivity contribution >= 4 is 49.7 Å². The number of nitrogens with one attached hydrogen (secondary N) is 1. The van der Waals surface area contributed by atoms with Crippen molar-refractivity contribution in [1.29, 1.82) is 0 Å². The molecule has 1 aromatic heterocycles. The summed E-state index contributed by atoms with van der Waals surface area (Å²) >= 11 is 4.65. The lowest BCUT2D eigenvalue weighted by Crippen LogP contribution is -2.51. The summed E-state index contributed by atoms with van der Waals surface area (Å²) in [5.41, 5.74) is 0.969. The Balaban J connectivity index is 0.00000162. The molecule has 0 spiro atoms. The molecule has 0 saturated carbocycles. The molecule has 0 unspecified atom stereocenters. The standard InChI is InChI=1S/C10H15BrN2O2S2.ClH/c1-7-5-9(16-10(7)11)17(14,15)13-4-3-12-8(2)6-13;/h5,8,12H,3-4,6H2,1-2H3;1H/t8-;/m0./s1. The van der Waals surface area contributed by atoms with Gasteiger partial charge in [0.2, 0.25) is 0 Å². The molecule has 0 aliphatic carbocycles. The third kappa shape index (κ3) is 3.26. The van der Waals surface area contributed by atoms with Crippen LogP contribution in [0.25, 0.3) is 0 Å². The number of aryl methyl sites for hydroxylation is 1. The van der Waals surface area contributed by atoms with Crippen molar-refractivity contribution < 1.29 is 8.42 Å². The van der Waals surface area contributed by atoms with E-state index in [4.69, 9.17) is 0 Å². The van der Waals surface area contributed by atoms with E-state index in [1.54, 1.807) is 10.4 Å². The smallest absolute Gasteiger partial charge is 0.252 e. The summed E-state index contributed by atoms with van der Waals surface area (Å²) < 4.78 is 27.6. The Hall–Kier alpha value is 0.340. The van der Waals surface area contributed by atoms with E-state index in [0.717, 1.165) is 9.35 Å². The zero-order chi connectivity index (χ0) is 12.6. The molecule has 0 radical (unpaired) electrons. The number of thiophene rings is 1. The fraction of sp³-hybridized carbons (Fsp3) is 0.600. The highest BCUT2D eigenvalue weighted by Gasteiger charge is 2.30. The average Bonchev–Trinajstić information content (AvgIpc) is 2.60. The molecule has 4 nitrogen and oxygen atoms in total. The Kier molecular flexibility index (Phi) is 5.64. The van der Waals surface area contributed by atoms with Gasteiger partial charge in [0.25, 0.3) is 10.0 Å². The molecule has 18 heavy (non-hydrogen) atoms. The highest BCUT2D eigenvalue weighted by molar-refractivity contribution is 9.11. The van der Waals surface area contributed by atoms with Gasteiger partial charge in [0.05, 0.1) is 3.79 Å². The van der Waals surface area contributed by atoms with Crippen molar-refractivity contribution in [3.05, 3.63) is 15.4 Å². The van der Waals surface area contributed by atoms with Crippen molar-refractivity contribution in [3.8, 4) is 0 Å². The van der Waals surface area contributed by atoms with Crippen LogP contribution in [0, 0.1) is 6.92 Å². The van der Waals surface area contributed by atoms with Crippen LogP contribution in [-0.2, 0) is 10.0 Å². The van der Waals surface area contributed by atoms with Gasteiger partial charge in [0.15, 0.2) is 0 Å². The number of nitrogens with zero attached hydrogens (tertiary/aromatic N) is 1. The summed E-state index contributed by atoms with van der Waals surface area (Å²) in [5, 5.41) is 3.24. The van der Waals surface area contributed by atoms with E-state index in [1.165, 1.54) is 11.3 Å². The minimum atomic E-state index is -3.31. The summed E-state index contributed by atoms with van der Waals surface area (Å²) in [6, 6.07) is 1.94. The van der Waals surface area contributed by atoms with Gasteiger partial charge in [-0.3, -0.25) is 0 Å². The first-order valence-corrected chi connectivity index (χ1v) is 8.45. The quantitative estimate of drug-likeness (QED) is 0.862. The summed E-state index contributed by atoms with van der Waals surface area (Å²) in [6.07, 6.45) is 0. The van der Waals surface area contributed by atoms with Crippen molar-refractivity contribution in [1.82, 2.24) is 9.62 Å². The van der Waals surface area contributed by atoms with Crippen LogP contribution in [0.3, 0.4) is 0 Å². The highest BCUT2D eigenvalue weighted by Crippen LogP contribution is 2.32. The SMILES string of the molecule is Cc1cc(S(=O)(=O)N2CCN[C@@H](C)C2)sc1Br.Cl. The van der Waals surface area contributed by atoms with E-state index in [0.29, 0.717) is 23.8 Å². The number of hydrogen-bond donors (Lipinski definition) is 1. The third-order valence-corrected chi connectivity index (χ3v) is 7.21. The molecular weight excluding hydrogens is 360 g/mol. The lowest BCUT2D eigenvalue weighted by molar-refractivity contribution is 0.311. The van der Waals surface area contributed by atoms with E-state index >= 15 is 0 Å². The molecule has 1 saturated heterocycles.